The van der Waals surface area contributed by atoms with Crippen LogP contribution in [0.4, 0.5) is 17.6 Å². The standard InChI is InChI=1S/C24H25F4N3O3/c25-19-5-1-2-6-20(19)34-21-8-7-17(14-29-21)22(32)30-12-9-16(10-13-30)18-4-3-11-31(15-18)23(33)24(26,27)28/h1-2,5-8,14,16,18H,3-4,9-13,15H2. The molecule has 2 aliphatic rings. The Morgan fingerprint density at radius 1 is 0.941 bits per heavy atom. The summed E-state index contributed by atoms with van der Waals surface area (Å²) in [5, 5.41) is 0. The van der Waals surface area contributed by atoms with Crippen molar-refractivity contribution in [1.82, 2.24) is 14.8 Å². The van der Waals surface area contributed by atoms with Crippen LogP contribution in [-0.4, -0.2) is 59.0 Å². The third-order valence-corrected chi connectivity index (χ3v) is 6.52. The van der Waals surface area contributed by atoms with E-state index in [1.54, 1.807) is 23.1 Å². The molecule has 0 bridgehead atoms. The molecule has 3 heterocycles. The van der Waals surface area contributed by atoms with Gasteiger partial charge in [0, 0.05) is 38.4 Å². The lowest BCUT2D eigenvalue weighted by Gasteiger charge is -2.41. The molecule has 1 aromatic carbocycles. The summed E-state index contributed by atoms with van der Waals surface area (Å²) in [6, 6.07) is 9.01. The highest BCUT2D eigenvalue weighted by Crippen LogP contribution is 2.33. The summed E-state index contributed by atoms with van der Waals surface area (Å²) in [5.41, 5.74) is 0.374. The Morgan fingerprint density at radius 2 is 1.68 bits per heavy atom. The zero-order chi connectivity index (χ0) is 24.3. The first-order valence-corrected chi connectivity index (χ1v) is 11.3. The Bertz CT molecular complexity index is 1020. The van der Waals surface area contributed by atoms with Gasteiger partial charge in [0.15, 0.2) is 11.6 Å². The van der Waals surface area contributed by atoms with Gasteiger partial charge in [-0.25, -0.2) is 9.37 Å². The van der Waals surface area contributed by atoms with Crippen molar-refractivity contribution < 1.29 is 31.9 Å². The molecule has 2 aliphatic heterocycles. The van der Waals surface area contributed by atoms with Crippen LogP contribution >= 0.6 is 0 Å². The van der Waals surface area contributed by atoms with E-state index in [2.05, 4.69) is 4.98 Å². The van der Waals surface area contributed by atoms with Crippen molar-refractivity contribution in [3.05, 3.63) is 54.0 Å². The van der Waals surface area contributed by atoms with E-state index >= 15 is 0 Å². The van der Waals surface area contributed by atoms with Crippen LogP contribution in [0.2, 0.25) is 0 Å². The van der Waals surface area contributed by atoms with Crippen LogP contribution < -0.4 is 4.74 Å². The molecule has 0 N–H and O–H groups in total. The van der Waals surface area contributed by atoms with Crippen LogP contribution in [0.5, 0.6) is 11.6 Å². The molecule has 0 aliphatic carbocycles. The highest BCUT2D eigenvalue weighted by atomic mass is 19.4. The van der Waals surface area contributed by atoms with E-state index in [0.717, 1.165) is 11.3 Å². The second kappa shape index (κ2) is 9.99. The van der Waals surface area contributed by atoms with Crippen molar-refractivity contribution >= 4 is 11.8 Å². The van der Waals surface area contributed by atoms with Crippen LogP contribution in [0.1, 0.15) is 36.0 Å². The number of benzene rings is 1. The van der Waals surface area contributed by atoms with Crippen LogP contribution in [0.25, 0.3) is 0 Å². The van der Waals surface area contributed by atoms with Crippen LogP contribution in [-0.2, 0) is 4.79 Å². The lowest BCUT2D eigenvalue weighted by molar-refractivity contribution is -0.187. The third-order valence-electron chi connectivity index (χ3n) is 6.52. The van der Waals surface area contributed by atoms with Gasteiger partial charge < -0.3 is 14.5 Å². The molecular formula is C24H25F4N3O3. The molecule has 182 valence electrons. The topological polar surface area (TPSA) is 62.7 Å². The van der Waals surface area contributed by atoms with Gasteiger partial charge in [-0.1, -0.05) is 12.1 Å². The summed E-state index contributed by atoms with van der Waals surface area (Å²) in [6.07, 6.45) is -0.779. The van der Waals surface area contributed by atoms with E-state index in [-0.39, 0.29) is 42.5 Å². The van der Waals surface area contributed by atoms with Crippen molar-refractivity contribution in [2.45, 2.75) is 31.9 Å². The number of carbonyl (C=O) groups excluding carboxylic acids is 2. The maximum Gasteiger partial charge on any atom is 0.471 e. The Morgan fingerprint density at radius 3 is 2.32 bits per heavy atom. The van der Waals surface area contributed by atoms with Crippen molar-refractivity contribution in [1.29, 1.82) is 0 Å². The molecule has 1 aromatic heterocycles. The molecule has 10 heteroatoms. The lowest BCUT2D eigenvalue weighted by Crippen LogP contribution is -2.49. The summed E-state index contributed by atoms with van der Waals surface area (Å²) >= 11 is 0. The number of hydrogen-bond donors (Lipinski definition) is 0. The first-order chi connectivity index (χ1) is 16.2. The molecule has 2 saturated heterocycles. The molecule has 0 saturated carbocycles. The largest absolute Gasteiger partial charge is 0.471 e. The number of carbonyl (C=O) groups is 2. The monoisotopic (exact) mass is 479 g/mol. The van der Waals surface area contributed by atoms with Gasteiger partial charge in [0.25, 0.3) is 5.91 Å². The second-order valence-electron chi connectivity index (χ2n) is 8.70. The lowest BCUT2D eigenvalue weighted by atomic mass is 9.79. The number of para-hydroxylation sites is 1. The Labute approximate surface area is 194 Å². The Balaban J connectivity index is 1.30. The fourth-order valence-corrected chi connectivity index (χ4v) is 4.72. The normalized spacial score (nSPS) is 19.7. The smallest absolute Gasteiger partial charge is 0.436 e. The molecule has 1 atom stereocenters. The average Bonchev–Trinajstić information content (AvgIpc) is 2.84. The van der Waals surface area contributed by atoms with Crippen molar-refractivity contribution in [2.75, 3.05) is 26.2 Å². The number of ether oxygens (including phenoxy) is 1. The number of rotatable bonds is 4. The fraction of sp³-hybridized carbons (Fsp3) is 0.458. The number of amides is 2. The van der Waals surface area contributed by atoms with Gasteiger partial charge in [-0.15, -0.1) is 0 Å². The number of halogens is 4. The van der Waals surface area contributed by atoms with E-state index in [9.17, 15) is 27.2 Å². The van der Waals surface area contributed by atoms with Gasteiger partial charge >= 0.3 is 12.1 Å². The molecule has 4 rings (SSSR count). The van der Waals surface area contributed by atoms with E-state index in [1.165, 1.54) is 24.4 Å². The van der Waals surface area contributed by atoms with Crippen LogP contribution in [0.3, 0.4) is 0 Å². The van der Waals surface area contributed by atoms with E-state index in [1.807, 2.05) is 0 Å². The quantitative estimate of drug-likeness (QED) is 0.599. The van der Waals surface area contributed by atoms with Gasteiger partial charge in [-0.3, -0.25) is 9.59 Å². The predicted octanol–water partition coefficient (Wildman–Crippen LogP) is 4.67. The maximum absolute atomic E-state index is 13.7. The van der Waals surface area contributed by atoms with E-state index < -0.39 is 17.9 Å². The molecule has 0 radical (unpaired) electrons. The number of hydrogen-bond acceptors (Lipinski definition) is 4. The number of piperidine rings is 2. The zero-order valence-corrected chi connectivity index (χ0v) is 18.4. The average molecular weight is 479 g/mol. The minimum Gasteiger partial charge on any atom is -0.436 e. The van der Waals surface area contributed by atoms with Crippen molar-refractivity contribution in [2.24, 2.45) is 11.8 Å². The SMILES string of the molecule is O=C(c1ccc(Oc2ccccc2F)nc1)N1CCC(C2CCCN(C(=O)C(F)(F)F)C2)CC1. The van der Waals surface area contributed by atoms with Gasteiger partial charge in [0.2, 0.25) is 5.88 Å². The van der Waals surface area contributed by atoms with Crippen molar-refractivity contribution in [3.8, 4) is 11.6 Å². The molecular weight excluding hydrogens is 454 g/mol. The zero-order valence-electron chi connectivity index (χ0n) is 18.4. The molecule has 2 aromatic rings. The van der Waals surface area contributed by atoms with Crippen LogP contribution in [0.15, 0.2) is 42.6 Å². The second-order valence-corrected chi connectivity index (χ2v) is 8.70. The molecule has 34 heavy (non-hydrogen) atoms. The summed E-state index contributed by atoms with van der Waals surface area (Å²) in [7, 11) is 0. The number of pyridine rings is 1. The van der Waals surface area contributed by atoms with Crippen LogP contribution in [0, 0.1) is 17.7 Å². The van der Waals surface area contributed by atoms with Gasteiger partial charge in [0.1, 0.15) is 0 Å². The minimum absolute atomic E-state index is 0.00813. The van der Waals surface area contributed by atoms with Gasteiger partial charge in [-0.05, 0) is 55.7 Å². The maximum atomic E-state index is 13.7. The third kappa shape index (κ3) is 5.48. The van der Waals surface area contributed by atoms with E-state index in [0.29, 0.717) is 37.9 Å². The molecule has 1 unspecified atom stereocenters. The van der Waals surface area contributed by atoms with Crippen molar-refractivity contribution in [3.63, 3.8) is 0 Å². The summed E-state index contributed by atoms with van der Waals surface area (Å²) < 4.78 is 57.5. The van der Waals surface area contributed by atoms with Gasteiger partial charge in [-0.2, -0.15) is 13.2 Å². The molecule has 6 nitrogen and oxygen atoms in total. The van der Waals surface area contributed by atoms with Gasteiger partial charge in [0.05, 0.1) is 5.56 Å². The number of alkyl halides is 3. The summed E-state index contributed by atoms with van der Waals surface area (Å²) in [6.45, 7) is 1.22. The highest BCUT2D eigenvalue weighted by molar-refractivity contribution is 5.94. The minimum atomic E-state index is -4.85. The number of likely N-dealkylation sites (tertiary alicyclic amines) is 2. The molecule has 2 fully saturated rings. The number of aromatic nitrogens is 1. The summed E-state index contributed by atoms with van der Waals surface area (Å²) in [4.78, 5) is 31.2. The number of nitrogens with zero attached hydrogens (tertiary/aromatic N) is 3. The fourth-order valence-electron chi connectivity index (χ4n) is 4.72. The first kappa shape index (κ1) is 24.0. The molecule has 0 spiro atoms. The summed E-state index contributed by atoms with van der Waals surface area (Å²) in [5.74, 6) is -2.10. The highest BCUT2D eigenvalue weighted by Gasteiger charge is 2.44. The van der Waals surface area contributed by atoms with E-state index in [4.69, 9.17) is 4.74 Å². The Kier molecular flexibility index (Phi) is 7.04. The molecule has 2 amide bonds. The first-order valence-electron chi connectivity index (χ1n) is 11.3. The Hall–Kier alpha value is -3.17. The predicted molar refractivity (Wildman–Crippen MR) is 115 cm³/mol.